The molecule has 0 N–H and O–H groups in total. The maximum atomic E-state index is 8.33. The summed E-state index contributed by atoms with van der Waals surface area (Å²) in [5, 5.41) is 8.88. The summed E-state index contributed by atoms with van der Waals surface area (Å²) in [4.78, 5) is 15.4. The Labute approximate surface area is 283 Å². The summed E-state index contributed by atoms with van der Waals surface area (Å²) >= 11 is 0. The number of benzene rings is 8. The first-order chi connectivity index (χ1) is 24.7. The lowest BCUT2D eigenvalue weighted by molar-refractivity contribution is 0.669. The molecule has 2 aromatic heterocycles. The second kappa shape index (κ2) is 11.0. The van der Waals surface area contributed by atoms with Gasteiger partial charge in [0.2, 0.25) is 0 Å². The maximum absolute atomic E-state index is 8.33. The molecule has 0 amide bonds. The quantitative estimate of drug-likeness (QED) is 0.182. The fourth-order valence-corrected chi connectivity index (χ4v) is 7.10. The van der Waals surface area contributed by atoms with Gasteiger partial charge in [-0.3, -0.25) is 0 Å². The third-order valence-corrected chi connectivity index (χ3v) is 9.42. The highest BCUT2D eigenvalue weighted by molar-refractivity contribution is 6.14. The molecule has 0 fully saturated rings. The molecule has 0 radical (unpaired) electrons. The van der Waals surface area contributed by atoms with E-state index in [1.165, 1.54) is 21.5 Å². The topological polar surface area (TPSA) is 51.8 Å². The fourth-order valence-electron chi connectivity index (χ4n) is 7.10. The van der Waals surface area contributed by atoms with Crippen LogP contribution in [-0.2, 0) is 0 Å². The van der Waals surface area contributed by atoms with Crippen molar-refractivity contribution in [3.05, 3.63) is 164 Å². The third-order valence-electron chi connectivity index (χ3n) is 9.42. The first kappa shape index (κ1) is 26.4. The number of nitrogens with zero attached hydrogens (tertiary/aromatic N) is 3. The Bertz CT molecular complexity index is 2960. The standard InChI is InChI=1S/C45H27N3O/c1-2-12-29-25-33(24-23-28(29)11-1)44-46-43(47-45(48-44)38-20-10-22-41-42(38)37-19-7-8-21-40(37)49-41)32-15-9-14-30(26-32)39-27-31-13-3-4-16-34(31)35-17-5-6-18-36(35)39/h1-27H/i7D. The van der Waals surface area contributed by atoms with Crippen molar-refractivity contribution in [3.8, 4) is 45.3 Å². The highest BCUT2D eigenvalue weighted by Crippen LogP contribution is 2.38. The molecule has 0 saturated carbocycles. The summed E-state index contributed by atoms with van der Waals surface area (Å²) in [5.74, 6) is 1.71. The molecule has 49 heavy (non-hydrogen) atoms. The van der Waals surface area contributed by atoms with Crippen molar-refractivity contribution in [1.29, 1.82) is 0 Å². The summed E-state index contributed by atoms with van der Waals surface area (Å²) in [6, 6.07) is 54.3. The lowest BCUT2D eigenvalue weighted by Gasteiger charge is -2.13. The Balaban J connectivity index is 1.21. The number of rotatable bonds is 4. The number of hydrogen-bond donors (Lipinski definition) is 0. The molecular weight excluding hydrogens is 599 g/mol. The Morgan fingerprint density at radius 3 is 1.94 bits per heavy atom. The van der Waals surface area contributed by atoms with Gasteiger partial charge in [-0.2, -0.15) is 0 Å². The SMILES string of the molecule is [2H]c1ccc2oc3cccc(-c4nc(-c5cccc(-c6cc7ccccc7c7ccccc67)c5)nc(-c5ccc6ccccc6c5)n4)c3c2c1. The van der Waals surface area contributed by atoms with Crippen LogP contribution in [-0.4, -0.2) is 15.0 Å². The van der Waals surface area contributed by atoms with Gasteiger partial charge in [0.15, 0.2) is 17.5 Å². The van der Waals surface area contributed by atoms with Crippen molar-refractivity contribution in [3.63, 3.8) is 0 Å². The minimum Gasteiger partial charge on any atom is -0.456 e. The molecule has 10 aromatic rings. The molecule has 0 atom stereocenters. The van der Waals surface area contributed by atoms with Gasteiger partial charge in [0.1, 0.15) is 11.2 Å². The molecule has 0 saturated heterocycles. The second-order valence-electron chi connectivity index (χ2n) is 12.3. The van der Waals surface area contributed by atoms with E-state index >= 15 is 0 Å². The highest BCUT2D eigenvalue weighted by Gasteiger charge is 2.18. The van der Waals surface area contributed by atoms with Crippen molar-refractivity contribution in [2.24, 2.45) is 0 Å². The first-order valence-corrected chi connectivity index (χ1v) is 16.4. The summed E-state index contributed by atoms with van der Waals surface area (Å²) < 4.78 is 14.6. The zero-order valence-electron chi connectivity index (χ0n) is 27.3. The van der Waals surface area contributed by atoms with Crippen LogP contribution >= 0.6 is 0 Å². The van der Waals surface area contributed by atoms with Gasteiger partial charge >= 0.3 is 0 Å². The van der Waals surface area contributed by atoms with Crippen LogP contribution in [0.4, 0.5) is 0 Å². The summed E-state index contributed by atoms with van der Waals surface area (Å²) in [6.07, 6.45) is 0. The Morgan fingerprint density at radius 1 is 0.388 bits per heavy atom. The Kier molecular flexibility index (Phi) is 5.91. The summed E-state index contributed by atoms with van der Waals surface area (Å²) in [5.41, 5.74) is 6.32. The number of para-hydroxylation sites is 1. The van der Waals surface area contributed by atoms with Crippen molar-refractivity contribution >= 4 is 54.3 Å². The van der Waals surface area contributed by atoms with E-state index in [-0.39, 0.29) is 0 Å². The highest BCUT2D eigenvalue weighted by atomic mass is 16.3. The summed E-state index contributed by atoms with van der Waals surface area (Å²) in [6.45, 7) is 0. The van der Waals surface area contributed by atoms with Gasteiger partial charge in [-0.1, -0.05) is 133 Å². The molecule has 8 aromatic carbocycles. The minimum atomic E-state index is 0.418. The monoisotopic (exact) mass is 626 g/mol. The van der Waals surface area contributed by atoms with Crippen LogP contribution in [0, 0.1) is 0 Å². The predicted octanol–water partition coefficient (Wildman–Crippen LogP) is 11.9. The molecule has 4 nitrogen and oxygen atoms in total. The molecule has 228 valence electrons. The zero-order valence-corrected chi connectivity index (χ0v) is 26.3. The molecule has 0 aliphatic heterocycles. The van der Waals surface area contributed by atoms with Crippen LogP contribution < -0.4 is 0 Å². The van der Waals surface area contributed by atoms with Crippen LogP contribution in [0.25, 0.3) is 99.5 Å². The molecule has 4 heteroatoms. The fraction of sp³-hybridized carbons (Fsp3) is 0. The smallest absolute Gasteiger partial charge is 0.164 e. The maximum Gasteiger partial charge on any atom is 0.164 e. The van der Waals surface area contributed by atoms with Gasteiger partial charge in [-0.05, 0) is 73.8 Å². The number of fused-ring (bicyclic) bond motifs is 7. The zero-order chi connectivity index (χ0) is 33.2. The van der Waals surface area contributed by atoms with E-state index in [4.69, 9.17) is 20.7 Å². The lowest BCUT2D eigenvalue weighted by atomic mass is 9.92. The Hall–Kier alpha value is -6.65. The van der Waals surface area contributed by atoms with E-state index in [9.17, 15) is 0 Å². The molecule has 0 spiro atoms. The second-order valence-corrected chi connectivity index (χ2v) is 12.3. The Morgan fingerprint density at radius 2 is 1.06 bits per heavy atom. The van der Waals surface area contributed by atoms with Gasteiger partial charge in [0.05, 0.1) is 1.37 Å². The van der Waals surface area contributed by atoms with E-state index < -0.39 is 0 Å². The number of aromatic nitrogens is 3. The van der Waals surface area contributed by atoms with Crippen molar-refractivity contribution in [1.82, 2.24) is 15.0 Å². The van der Waals surface area contributed by atoms with Crippen LogP contribution in [0.5, 0.6) is 0 Å². The van der Waals surface area contributed by atoms with Gasteiger partial charge < -0.3 is 4.42 Å². The minimum absolute atomic E-state index is 0.418. The molecule has 0 aliphatic rings. The van der Waals surface area contributed by atoms with Crippen LogP contribution in [0.1, 0.15) is 1.37 Å². The molecule has 10 rings (SSSR count). The number of hydrogen-bond acceptors (Lipinski definition) is 4. The van der Waals surface area contributed by atoms with Crippen molar-refractivity contribution in [2.75, 3.05) is 0 Å². The van der Waals surface area contributed by atoms with Gasteiger partial charge in [0, 0.05) is 27.5 Å². The lowest BCUT2D eigenvalue weighted by Crippen LogP contribution is -2.00. The van der Waals surface area contributed by atoms with E-state index in [0.29, 0.717) is 23.5 Å². The van der Waals surface area contributed by atoms with Gasteiger partial charge in [0.25, 0.3) is 0 Å². The van der Waals surface area contributed by atoms with E-state index in [1.54, 1.807) is 6.07 Å². The average molecular weight is 627 g/mol. The van der Waals surface area contributed by atoms with Crippen LogP contribution in [0.15, 0.2) is 168 Å². The molecular formula is C45H27N3O. The van der Waals surface area contributed by atoms with E-state index in [0.717, 1.165) is 60.5 Å². The number of furan rings is 1. The largest absolute Gasteiger partial charge is 0.456 e. The van der Waals surface area contributed by atoms with E-state index in [1.807, 2.05) is 42.5 Å². The molecule has 0 bridgehead atoms. The van der Waals surface area contributed by atoms with Crippen LogP contribution in [0.3, 0.4) is 0 Å². The van der Waals surface area contributed by atoms with Gasteiger partial charge in [-0.15, -0.1) is 0 Å². The molecule has 0 aliphatic carbocycles. The molecule has 2 heterocycles. The van der Waals surface area contributed by atoms with Crippen molar-refractivity contribution in [2.45, 2.75) is 0 Å². The summed E-state index contributed by atoms with van der Waals surface area (Å²) in [7, 11) is 0. The van der Waals surface area contributed by atoms with Crippen molar-refractivity contribution < 1.29 is 5.79 Å². The molecule has 0 unspecified atom stereocenters. The van der Waals surface area contributed by atoms with Gasteiger partial charge in [-0.25, -0.2) is 15.0 Å². The predicted molar refractivity (Wildman–Crippen MR) is 201 cm³/mol. The third kappa shape index (κ3) is 4.57. The normalized spacial score (nSPS) is 12.0. The van der Waals surface area contributed by atoms with E-state index in [2.05, 4.69) is 109 Å². The van der Waals surface area contributed by atoms with Crippen LogP contribution in [0.2, 0.25) is 0 Å². The average Bonchev–Trinajstić information content (AvgIpc) is 3.55. The first-order valence-electron chi connectivity index (χ1n) is 16.9.